The summed E-state index contributed by atoms with van der Waals surface area (Å²) in [5.74, 6) is 1.56. The van der Waals surface area contributed by atoms with Crippen LogP contribution in [0.25, 0.3) is 0 Å². The molecular formula is C12H12INO2. The molecule has 4 heteroatoms. The third-order valence-corrected chi connectivity index (χ3v) is 2.82. The molecule has 0 aliphatic carbocycles. The fourth-order valence-electron chi connectivity index (χ4n) is 1.40. The Bertz CT molecular complexity index is 442. The maximum atomic E-state index is 5.77. The van der Waals surface area contributed by atoms with Crippen LogP contribution in [0, 0.1) is 3.57 Å². The van der Waals surface area contributed by atoms with E-state index in [0.29, 0.717) is 6.54 Å². The second kappa shape index (κ2) is 5.36. The third-order valence-electron chi connectivity index (χ3n) is 2.15. The lowest BCUT2D eigenvalue weighted by Crippen LogP contribution is -2.17. The zero-order valence-corrected chi connectivity index (χ0v) is 10.8. The van der Waals surface area contributed by atoms with Crippen LogP contribution in [0.1, 0.15) is 11.9 Å². The number of hydrogen-bond donors (Lipinski definition) is 1. The van der Waals surface area contributed by atoms with Crippen molar-refractivity contribution >= 4 is 22.6 Å². The number of halogens is 1. The van der Waals surface area contributed by atoms with Crippen molar-refractivity contribution in [2.75, 3.05) is 6.54 Å². The lowest BCUT2D eigenvalue weighted by atomic mass is 10.2. The molecule has 84 valence electrons. The number of benzene rings is 1. The first-order valence-corrected chi connectivity index (χ1v) is 6.03. The summed E-state index contributed by atoms with van der Waals surface area (Å²) in [6, 6.07) is 11.5. The normalized spacial score (nSPS) is 12.4. The molecule has 1 heterocycles. The first-order chi connectivity index (χ1) is 7.79. The molecule has 0 aliphatic heterocycles. The van der Waals surface area contributed by atoms with E-state index in [1.54, 1.807) is 6.26 Å². The molecule has 2 rings (SSSR count). The SMILES string of the molecule is NCC(Oc1cccc(I)c1)c1ccco1. The molecule has 0 fully saturated rings. The quantitative estimate of drug-likeness (QED) is 0.878. The molecule has 1 unspecified atom stereocenters. The van der Waals surface area contributed by atoms with Crippen molar-refractivity contribution in [3.05, 3.63) is 52.0 Å². The summed E-state index contributed by atoms with van der Waals surface area (Å²) in [6.07, 6.45) is 1.39. The molecule has 1 aromatic carbocycles. The van der Waals surface area contributed by atoms with Crippen molar-refractivity contribution in [3.8, 4) is 5.75 Å². The van der Waals surface area contributed by atoms with E-state index in [0.717, 1.165) is 15.1 Å². The van der Waals surface area contributed by atoms with E-state index in [4.69, 9.17) is 14.9 Å². The van der Waals surface area contributed by atoms with Gasteiger partial charge in [-0.05, 0) is 52.9 Å². The summed E-state index contributed by atoms with van der Waals surface area (Å²) in [4.78, 5) is 0. The van der Waals surface area contributed by atoms with Gasteiger partial charge >= 0.3 is 0 Å². The van der Waals surface area contributed by atoms with Crippen LogP contribution in [0.2, 0.25) is 0 Å². The zero-order valence-electron chi connectivity index (χ0n) is 8.60. The standard InChI is InChI=1S/C12H12INO2/c13-9-3-1-4-10(7-9)16-12(8-14)11-5-2-6-15-11/h1-7,12H,8,14H2. The topological polar surface area (TPSA) is 48.4 Å². The Balaban J connectivity index is 2.13. The molecule has 1 atom stereocenters. The van der Waals surface area contributed by atoms with Crippen LogP contribution in [0.15, 0.2) is 47.1 Å². The monoisotopic (exact) mass is 329 g/mol. The van der Waals surface area contributed by atoms with Gasteiger partial charge in [0.1, 0.15) is 11.5 Å². The highest BCUT2D eigenvalue weighted by atomic mass is 127. The van der Waals surface area contributed by atoms with Crippen LogP contribution in [0.3, 0.4) is 0 Å². The van der Waals surface area contributed by atoms with Crippen LogP contribution in [0.5, 0.6) is 5.75 Å². The highest BCUT2D eigenvalue weighted by Crippen LogP contribution is 2.22. The zero-order chi connectivity index (χ0) is 11.4. The Morgan fingerprint density at radius 2 is 2.19 bits per heavy atom. The molecule has 0 saturated heterocycles. The molecule has 0 amide bonds. The first-order valence-electron chi connectivity index (χ1n) is 4.95. The molecule has 3 nitrogen and oxygen atoms in total. The van der Waals surface area contributed by atoms with E-state index in [1.165, 1.54) is 0 Å². The Kier molecular flexibility index (Phi) is 3.84. The van der Waals surface area contributed by atoms with E-state index < -0.39 is 0 Å². The smallest absolute Gasteiger partial charge is 0.168 e. The van der Waals surface area contributed by atoms with Crippen LogP contribution in [-0.2, 0) is 0 Å². The number of rotatable bonds is 4. The number of hydrogen-bond acceptors (Lipinski definition) is 3. The predicted molar refractivity (Wildman–Crippen MR) is 70.3 cm³/mol. The summed E-state index contributed by atoms with van der Waals surface area (Å²) in [7, 11) is 0. The molecule has 2 N–H and O–H groups in total. The first kappa shape index (κ1) is 11.5. The van der Waals surface area contributed by atoms with Crippen molar-refractivity contribution in [2.24, 2.45) is 5.73 Å². The molecule has 16 heavy (non-hydrogen) atoms. The van der Waals surface area contributed by atoms with Crippen molar-refractivity contribution < 1.29 is 9.15 Å². The van der Waals surface area contributed by atoms with Crippen molar-refractivity contribution in [2.45, 2.75) is 6.10 Å². The van der Waals surface area contributed by atoms with Crippen molar-refractivity contribution in [3.63, 3.8) is 0 Å². The summed E-state index contributed by atoms with van der Waals surface area (Å²) >= 11 is 2.24. The number of furan rings is 1. The number of nitrogens with two attached hydrogens (primary N) is 1. The summed E-state index contributed by atoms with van der Waals surface area (Å²) in [6.45, 7) is 0.388. The second-order valence-electron chi connectivity index (χ2n) is 3.31. The summed E-state index contributed by atoms with van der Waals surface area (Å²) < 4.78 is 12.2. The predicted octanol–water partition coefficient (Wildman–Crippen LogP) is 2.96. The fraction of sp³-hybridized carbons (Fsp3) is 0.167. The van der Waals surface area contributed by atoms with Crippen molar-refractivity contribution in [1.29, 1.82) is 0 Å². The van der Waals surface area contributed by atoms with E-state index >= 15 is 0 Å². The van der Waals surface area contributed by atoms with Gasteiger partial charge in [-0.1, -0.05) is 6.07 Å². The third kappa shape index (κ3) is 2.76. The molecule has 0 radical (unpaired) electrons. The van der Waals surface area contributed by atoms with Gasteiger partial charge in [0.2, 0.25) is 0 Å². The minimum atomic E-state index is -0.229. The van der Waals surface area contributed by atoms with Gasteiger partial charge in [-0.25, -0.2) is 0 Å². The van der Waals surface area contributed by atoms with Gasteiger partial charge in [0, 0.05) is 10.1 Å². The maximum Gasteiger partial charge on any atom is 0.168 e. The average Bonchev–Trinajstić information content (AvgIpc) is 2.79. The van der Waals surface area contributed by atoms with Gasteiger partial charge in [-0.2, -0.15) is 0 Å². The highest BCUT2D eigenvalue weighted by Gasteiger charge is 2.14. The Labute approximate surface area is 108 Å². The van der Waals surface area contributed by atoms with E-state index in [2.05, 4.69) is 22.6 Å². The molecule has 0 bridgehead atoms. The Hall–Kier alpha value is -1.01. The maximum absolute atomic E-state index is 5.77. The molecular weight excluding hydrogens is 317 g/mol. The van der Waals surface area contributed by atoms with Crippen LogP contribution >= 0.6 is 22.6 Å². The van der Waals surface area contributed by atoms with Gasteiger partial charge in [0.05, 0.1) is 6.26 Å². The Morgan fingerprint density at radius 3 is 2.81 bits per heavy atom. The van der Waals surface area contributed by atoms with Gasteiger partial charge < -0.3 is 14.9 Å². The van der Waals surface area contributed by atoms with Crippen LogP contribution in [0.4, 0.5) is 0 Å². The average molecular weight is 329 g/mol. The molecule has 0 saturated carbocycles. The molecule has 1 aromatic heterocycles. The van der Waals surface area contributed by atoms with E-state index in [-0.39, 0.29) is 6.10 Å². The van der Waals surface area contributed by atoms with E-state index in [9.17, 15) is 0 Å². The minimum Gasteiger partial charge on any atom is -0.481 e. The molecule has 0 spiro atoms. The second-order valence-corrected chi connectivity index (χ2v) is 4.56. The lowest BCUT2D eigenvalue weighted by Gasteiger charge is -2.15. The van der Waals surface area contributed by atoms with Gasteiger partial charge in [-0.15, -0.1) is 0 Å². The molecule has 2 aromatic rings. The summed E-state index contributed by atoms with van der Waals surface area (Å²) in [5, 5.41) is 0. The van der Waals surface area contributed by atoms with Crippen LogP contribution in [-0.4, -0.2) is 6.54 Å². The fourth-order valence-corrected chi connectivity index (χ4v) is 1.92. The van der Waals surface area contributed by atoms with E-state index in [1.807, 2.05) is 36.4 Å². The minimum absolute atomic E-state index is 0.229. The van der Waals surface area contributed by atoms with Gasteiger partial charge in [0.15, 0.2) is 6.10 Å². The van der Waals surface area contributed by atoms with Gasteiger partial charge in [-0.3, -0.25) is 0 Å². The Morgan fingerprint density at radius 1 is 1.31 bits per heavy atom. The lowest BCUT2D eigenvalue weighted by molar-refractivity contribution is 0.184. The largest absolute Gasteiger partial charge is 0.481 e. The van der Waals surface area contributed by atoms with Gasteiger partial charge in [0.25, 0.3) is 0 Å². The van der Waals surface area contributed by atoms with Crippen molar-refractivity contribution in [1.82, 2.24) is 0 Å². The molecule has 0 aliphatic rings. The number of ether oxygens (including phenoxy) is 1. The summed E-state index contributed by atoms with van der Waals surface area (Å²) in [5.41, 5.74) is 5.66. The van der Waals surface area contributed by atoms with Crippen LogP contribution < -0.4 is 10.5 Å². The highest BCUT2D eigenvalue weighted by molar-refractivity contribution is 14.1.